The molecule has 2 heterocycles. The SMILES string of the molecule is COc1ccc(CC(=O)N2CCC(c3nnc(C(C)C)o3)CC2)cc1OC. The molecular formula is C20H27N3O4. The van der Waals surface area contributed by atoms with Crippen LogP contribution in [0, 0.1) is 0 Å². The van der Waals surface area contributed by atoms with E-state index in [9.17, 15) is 4.79 Å². The maximum atomic E-state index is 12.7. The van der Waals surface area contributed by atoms with Crippen molar-refractivity contribution < 1.29 is 18.7 Å². The van der Waals surface area contributed by atoms with Crippen LogP contribution < -0.4 is 9.47 Å². The second-order valence-electron chi connectivity index (χ2n) is 7.15. The second kappa shape index (κ2) is 8.41. The molecule has 27 heavy (non-hydrogen) atoms. The standard InChI is InChI=1S/C20H27N3O4/c1-13(2)19-21-22-20(27-19)15-7-9-23(10-8-15)18(24)12-14-5-6-16(25-3)17(11-14)26-4/h5-6,11,13,15H,7-10,12H2,1-4H3. The van der Waals surface area contributed by atoms with Gasteiger partial charge in [0.1, 0.15) is 0 Å². The Hall–Kier alpha value is -2.57. The summed E-state index contributed by atoms with van der Waals surface area (Å²) in [4.78, 5) is 14.6. The van der Waals surface area contributed by atoms with Crippen LogP contribution in [-0.4, -0.2) is 48.3 Å². The second-order valence-corrected chi connectivity index (χ2v) is 7.15. The molecule has 7 heteroatoms. The van der Waals surface area contributed by atoms with Crippen molar-refractivity contribution in [1.29, 1.82) is 0 Å². The molecule has 0 spiro atoms. The number of ether oxygens (including phenoxy) is 2. The molecule has 0 radical (unpaired) electrons. The fourth-order valence-corrected chi connectivity index (χ4v) is 3.30. The molecule has 0 saturated carbocycles. The smallest absolute Gasteiger partial charge is 0.226 e. The Morgan fingerprint density at radius 3 is 2.48 bits per heavy atom. The number of hydrogen-bond acceptors (Lipinski definition) is 6. The van der Waals surface area contributed by atoms with Crippen molar-refractivity contribution in [3.05, 3.63) is 35.5 Å². The van der Waals surface area contributed by atoms with Crippen molar-refractivity contribution in [2.45, 2.75) is 44.9 Å². The van der Waals surface area contributed by atoms with E-state index in [0.717, 1.165) is 18.4 Å². The van der Waals surface area contributed by atoms with Crippen molar-refractivity contribution in [2.24, 2.45) is 0 Å². The first-order valence-corrected chi connectivity index (χ1v) is 9.33. The Morgan fingerprint density at radius 2 is 1.89 bits per heavy atom. The molecule has 7 nitrogen and oxygen atoms in total. The van der Waals surface area contributed by atoms with Gasteiger partial charge in [-0.25, -0.2) is 0 Å². The minimum atomic E-state index is 0.120. The van der Waals surface area contributed by atoms with E-state index in [0.29, 0.717) is 42.8 Å². The van der Waals surface area contributed by atoms with E-state index in [1.807, 2.05) is 36.9 Å². The molecule has 3 rings (SSSR count). The van der Waals surface area contributed by atoms with Crippen LogP contribution in [0.15, 0.2) is 22.6 Å². The van der Waals surface area contributed by atoms with E-state index < -0.39 is 0 Å². The summed E-state index contributed by atoms with van der Waals surface area (Å²) >= 11 is 0. The highest BCUT2D eigenvalue weighted by atomic mass is 16.5. The quantitative estimate of drug-likeness (QED) is 0.774. The van der Waals surface area contributed by atoms with Crippen LogP contribution in [0.2, 0.25) is 0 Å². The number of benzene rings is 1. The molecule has 0 bridgehead atoms. The number of carbonyl (C=O) groups is 1. The predicted molar refractivity (Wildman–Crippen MR) is 100 cm³/mol. The monoisotopic (exact) mass is 373 g/mol. The fraction of sp³-hybridized carbons (Fsp3) is 0.550. The van der Waals surface area contributed by atoms with E-state index in [1.165, 1.54) is 0 Å². The maximum Gasteiger partial charge on any atom is 0.226 e. The summed E-state index contributed by atoms with van der Waals surface area (Å²) in [5.41, 5.74) is 0.915. The Balaban J connectivity index is 1.56. The number of nitrogens with zero attached hydrogens (tertiary/aromatic N) is 3. The van der Waals surface area contributed by atoms with Crippen LogP contribution in [-0.2, 0) is 11.2 Å². The highest BCUT2D eigenvalue weighted by molar-refractivity contribution is 5.79. The lowest BCUT2D eigenvalue weighted by atomic mass is 9.96. The molecule has 1 fully saturated rings. The zero-order valence-corrected chi connectivity index (χ0v) is 16.4. The van der Waals surface area contributed by atoms with Crippen molar-refractivity contribution in [3.8, 4) is 11.5 Å². The molecule has 0 N–H and O–H groups in total. The number of carbonyl (C=O) groups excluding carboxylic acids is 1. The first-order valence-electron chi connectivity index (χ1n) is 9.33. The summed E-state index contributed by atoms with van der Waals surface area (Å²) in [5, 5.41) is 8.30. The minimum Gasteiger partial charge on any atom is -0.493 e. The molecule has 146 valence electrons. The Labute approximate surface area is 159 Å². The highest BCUT2D eigenvalue weighted by Gasteiger charge is 2.27. The van der Waals surface area contributed by atoms with Gasteiger partial charge >= 0.3 is 0 Å². The van der Waals surface area contributed by atoms with Gasteiger partial charge in [-0.15, -0.1) is 10.2 Å². The van der Waals surface area contributed by atoms with E-state index in [2.05, 4.69) is 10.2 Å². The maximum absolute atomic E-state index is 12.7. The van der Waals surface area contributed by atoms with Crippen molar-refractivity contribution in [1.82, 2.24) is 15.1 Å². The van der Waals surface area contributed by atoms with Gasteiger partial charge in [0.15, 0.2) is 11.5 Å². The summed E-state index contributed by atoms with van der Waals surface area (Å²) in [6, 6.07) is 5.59. The minimum absolute atomic E-state index is 0.120. The first-order chi connectivity index (χ1) is 13.0. The molecule has 1 aromatic heterocycles. The third-order valence-corrected chi connectivity index (χ3v) is 4.95. The lowest BCUT2D eigenvalue weighted by Gasteiger charge is -2.30. The van der Waals surface area contributed by atoms with E-state index >= 15 is 0 Å². The molecule has 1 saturated heterocycles. The van der Waals surface area contributed by atoms with Crippen LogP contribution in [0.4, 0.5) is 0 Å². The Morgan fingerprint density at radius 1 is 1.19 bits per heavy atom. The molecule has 1 aliphatic rings. The molecule has 1 aromatic carbocycles. The number of likely N-dealkylation sites (tertiary alicyclic amines) is 1. The lowest BCUT2D eigenvalue weighted by molar-refractivity contribution is -0.131. The van der Waals surface area contributed by atoms with Crippen LogP contribution in [0.25, 0.3) is 0 Å². The molecule has 0 unspecified atom stereocenters. The van der Waals surface area contributed by atoms with E-state index in [-0.39, 0.29) is 17.7 Å². The molecule has 0 aliphatic carbocycles. The Kier molecular flexibility index (Phi) is 5.98. The number of amides is 1. The van der Waals surface area contributed by atoms with Crippen LogP contribution in [0.1, 0.15) is 55.9 Å². The zero-order valence-electron chi connectivity index (χ0n) is 16.4. The normalized spacial score (nSPS) is 15.2. The largest absolute Gasteiger partial charge is 0.493 e. The van der Waals surface area contributed by atoms with Gasteiger partial charge in [0.05, 0.1) is 20.6 Å². The number of methoxy groups -OCH3 is 2. The van der Waals surface area contributed by atoms with E-state index in [4.69, 9.17) is 13.9 Å². The molecule has 2 aromatic rings. The van der Waals surface area contributed by atoms with E-state index in [1.54, 1.807) is 14.2 Å². The topological polar surface area (TPSA) is 77.7 Å². The fourth-order valence-electron chi connectivity index (χ4n) is 3.30. The average molecular weight is 373 g/mol. The predicted octanol–water partition coefficient (Wildman–Crippen LogP) is 3.16. The lowest BCUT2D eigenvalue weighted by Crippen LogP contribution is -2.38. The van der Waals surface area contributed by atoms with Gasteiger partial charge in [-0.2, -0.15) is 0 Å². The van der Waals surface area contributed by atoms with Crippen LogP contribution >= 0.6 is 0 Å². The number of aromatic nitrogens is 2. The summed E-state index contributed by atoms with van der Waals surface area (Å²) in [7, 11) is 3.19. The summed E-state index contributed by atoms with van der Waals surface area (Å²) in [6.07, 6.45) is 2.04. The van der Waals surface area contributed by atoms with Gasteiger partial charge in [0, 0.05) is 24.9 Å². The number of rotatable bonds is 6. The summed E-state index contributed by atoms with van der Waals surface area (Å²) < 4.78 is 16.3. The Bertz CT molecular complexity index is 779. The first kappa shape index (κ1) is 19.2. The van der Waals surface area contributed by atoms with Gasteiger partial charge < -0.3 is 18.8 Å². The van der Waals surface area contributed by atoms with Gasteiger partial charge in [0.2, 0.25) is 17.7 Å². The van der Waals surface area contributed by atoms with Crippen molar-refractivity contribution in [2.75, 3.05) is 27.3 Å². The van der Waals surface area contributed by atoms with Gasteiger partial charge in [0.25, 0.3) is 0 Å². The number of hydrogen-bond donors (Lipinski definition) is 0. The highest BCUT2D eigenvalue weighted by Crippen LogP contribution is 2.30. The third-order valence-electron chi connectivity index (χ3n) is 4.95. The van der Waals surface area contributed by atoms with Crippen LogP contribution in [0.3, 0.4) is 0 Å². The zero-order chi connectivity index (χ0) is 19.4. The van der Waals surface area contributed by atoms with Crippen molar-refractivity contribution >= 4 is 5.91 Å². The molecular weight excluding hydrogens is 346 g/mol. The van der Waals surface area contributed by atoms with Gasteiger partial charge in [-0.3, -0.25) is 4.79 Å². The third kappa shape index (κ3) is 4.40. The average Bonchev–Trinajstić information content (AvgIpc) is 3.18. The van der Waals surface area contributed by atoms with Crippen molar-refractivity contribution in [3.63, 3.8) is 0 Å². The molecule has 1 aliphatic heterocycles. The summed E-state index contributed by atoms with van der Waals surface area (Å²) in [5.74, 6) is 3.26. The van der Waals surface area contributed by atoms with Crippen LogP contribution in [0.5, 0.6) is 11.5 Å². The number of piperidine rings is 1. The van der Waals surface area contributed by atoms with Gasteiger partial charge in [-0.05, 0) is 30.5 Å². The molecule has 1 amide bonds. The van der Waals surface area contributed by atoms with Gasteiger partial charge in [-0.1, -0.05) is 19.9 Å². The molecule has 0 atom stereocenters. The summed E-state index contributed by atoms with van der Waals surface area (Å²) in [6.45, 7) is 5.48.